The van der Waals surface area contributed by atoms with Gasteiger partial charge in [-0.2, -0.15) is 0 Å². The van der Waals surface area contributed by atoms with Gasteiger partial charge in [-0.1, -0.05) is 12.6 Å². The molecule has 2 nitrogen and oxygen atoms in total. The van der Waals surface area contributed by atoms with Crippen LogP contribution in [0.1, 0.15) is 0 Å². The molecule has 0 bridgehead atoms. The van der Waals surface area contributed by atoms with Crippen LogP contribution >= 0.6 is 0 Å². The molecule has 0 radical (unpaired) electrons. The molecular weight excluding hydrogens is 176 g/mol. The predicted molar refractivity (Wildman–Crippen MR) is 45.2 cm³/mol. The van der Waals surface area contributed by atoms with Crippen molar-refractivity contribution >= 4 is 11.6 Å². The van der Waals surface area contributed by atoms with Gasteiger partial charge in [0.05, 0.1) is 5.69 Å². The van der Waals surface area contributed by atoms with E-state index in [1.165, 1.54) is 12.1 Å². The predicted octanol–water partition coefficient (Wildman–Crippen LogP) is 2.09. The first kappa shape index (κ1) is 9.38. The Labute approximate surface area is 73.9 Å². The van der Waals surface area contributed by atoms with Crippen molar-refractivity contribution in [3.63, 3.8) is 0 Å². The number of nitrogens with one attached hydrogen (secondary N) is 1. The zero-order valence-corrected chi connectivity index (χ0v) is 6.68. The maximum absolute atomic E-state index is 12.9. The van der Waals surface area contributed by atoms with E-state index in [0.717, 1.165) is 12.1 Å². The first-order valence-corrected chi connectivity index (χ1v) is 3.52. The lowest BCUT2D eigenvalue weighted by molar-refractivity contribution is -0.111. The van der Waals surface area contributed by atoms with E-state index in [9.17, 15) is 13.6 Å². The first-order chi connectivity index (χ1) is 6.15. The molecule has 0 aliphatic heterocycles. The van der Waals surface area contributed by atoms with E-state index in [1.807, 2.05) is 0 Å². The Morgan fingerprint density at radius 2 is 2.15 bits per heavy atom. The number of anilines is 1. The highest BCUT2D eigenvalue weighted by molar-refractivity contribution is 5.98. The number of benzene rings is 1. The van der Waals surface area contributed by atoms with E-state index < -0.39 is 17.5 Å². The number of amides is 1. The van der Waals surface area contributed by atoms with Crippen molar-refractivity contribution in [1.29, 1.82) is 0 Å². The van der Waals surface area contributed by atoms with Crippen molar-refractivity contribution in [3.8, 4) is 0 Å². The van der Waals surface area contributed by atoms with Crippen molar-refractivity contribution in [2.75, 3.05) is 5.32 Å². The molecule has 0 atom stereocenters. The fourth-order valence-electron chi connectivity index (χ4n) is 0.784. The van der Waals surface area contributed by atoms with Crippen LogP contribution in [0.25, 0.3) is 0 Å². The van der Waals surface area contributed by atoms with Crippen molar-refractivity contribution in [2.45, 2.75) is 0 Å². The zero-order chi connectivity index (χ0) is 9.84. The van der Waals surface area contributed by atoms with Crippen LogP contribution in [-0.4, -0.2) is 5.91 Å². The van der Waals surface area contributed by atoms with Crippen LogP contribution in [0.5, 0.6) is 0 Å². The van der Waals surface area contributed by atoms with Crippen LogP contribution in [0, 0.1) is 11.6 Å². The molecule has 1 aromatic carbocycles. The number of carbonyl (C=O) groups is 1. The largest absolute Gasteiger partial charge is 0.320 e. The molecule has 0 spiro atoms. The monoisotopic (exact) mass is 183 g/mol. The van der Waals surface area contributed by atoms with Crippen LogP contribution in [0.4, 0.5) is 14.5 Å². The van der Waals surface area contributed by atoms with Gasteiger partial charge in [0, 0.05) is 0 Å². The molecule has 0 heterocycles. The highest BCUT2D eigenvalue weighted by atomic mass is 19.2. The summed E-state index contributed by atoms with van der Waals surface area (Å²) in [7, 11) is 0. The summed E-state index contributed by atoms with van der Waals surface area (Å²) in [6.07, 6.45) is 0.977. The summed E-state index contributed by atoms with van der Waals surface area (Å²) in [6, 6.07) is 3.54. The maximum Gasteiger partial charge on any atom is 0.247 e. The molecule has 68 valence electrons. The lowest BCUT2D eigenvalue weighted by atomic mass is 10.3. The molecule has 0 saturated heterocycles. The number of hydrogen-bond donors (Lipinski definition) is 1. The number of rotatable bonds is 2. The molecule has 1 aromatic rings. The van der Waals surface area contributed by atoms with Gasteiger partial charge in [-0.05, 0) is 18.2 Å². The van der Waals surface area contributed by atoms with Crippen LogP contribution in [0.15, 0.2) is 30.9 Å². The summed E-state index contributed by atoms with van der Waals surface area (Å²) in [5.41, 5.74) is -0.190. The summed E-state index contributed by atoms with van der Waals surface area (Å²) < 4.78 is 25.5. The van der Waals surface area contributed by atoms with Gasteiger partial charge in [0.1, 0.15) is 0 Å². The van der Waals surface area contributed by atoms with E-state index in [-0.39, 0.29) is 5.69 Å². The van der Waals surface area contributed by atoms with Crippen LogP contribution in [0.2, 0.25) is 0 Å². The van der Waals surface area contributed by atoms with Crippen LogP contribution in [-0.2, 0) is 4.79 Å². The minimum Gasteiger partial charge on any atom is -0.320 e. The molecule has 0 aliphatic carbocycles. The third kappa shape index (κ3) is 2.11. The van der Waals surface area contributed by atoms with Crippen molar-refractivity contribution in [2.24, 2.45) is 0 Å². The average molecular weight is 183 g/mol. The molecule has 1 amide bonds. The van der Waals surface area contributed by atoms with Crippen molar-refractivity contribution in [1.82, 2.24) is 0 Å². The zero-order valence-electron chi connectivity index (χ0n) is 6.68. The normalized spacial score (nSPS) is 9.38. The number of hydrogen-bond acceptors (Lipinski definition) is 1. The third-order valence-corrected chi connectivity index (χ3v) is 1.39. The summed E-state index contributed by atoms with van der Waals surface area (Å²) in [5, 5.41) is 2.13. The van der Waals surface area contributed by atoms with Gasteiger partial charge in [-0.15, -0.1) is 0 Å². The summed E-state index contributed by atoms with van der Waals surface area (Å²) in [6.45, 7) is 3.18. The van der Waals surface area contributed by atoms with Crippen LogP contribution in [0.3, 0.4) is 0 Å². The van der Waals surface area contributed by atoms with E-state index in [0.29, 0.717) is 0 Å². The summed E-state index contributed by atoms with van der Waals surface area (Å²) >= 11 is 0. The lowest BCUT2D eigenvalue weighted by Crippen LogP contribution is -2.09. The molecule has 0 aliphatic rings. The Morgan fingerprint density at radius 3 is 2.77 bits per heavy atom. The smallest absolute Gasteiger partial charge is 0.247 e. The SMILES string of the molecule is C=CC(=O)Nc1cccc(F)c1F. The van der Waals surface area contributed by atoms with E-state index in [1.54, 1.807) is 0 Å². The Hall–Kier alpha value is -1.71. The fraction of sp³-hybridized carbons (Fsp3) is 0. The Morgan fingerprint density at radius 1 is 1.46 bits per heavy atom. The van der Waals surface area contributed by atoms with E-state index in [4.69, 9.17) is 0 Å². The second kappa shape index (κ2) is 3.80. The van der Waals surface area contributed by atoms with Gasteiger partial charge >= 0.3 is 0 Å². The molecular formula is C9H7F2NO. The standard InChI is InChI=1S/C9H7F2NO/c1-2-8(13)12-7-5-3-4-6(10)9(7)11/h2-5H,1H2,(H,12,13). The van der Waals surface area contributed by atoms with Gasteiger partial charge < -0.3 is 5.32 Å². The molecule has 1 N–H and O–H groups in total. The Kier molecular flexibility index (Phi) is 2.74. The number of carbonyl (C=O) groups excluding carboxylic acids is 1. The molecule has 13 heavy (non-hydrogen) atoms. The van der Waals surface area contributed by atoms with E-state index >= 15 is 0 Å². The highest BCUT2D eigenvalue weighted by Crippen LogP contribution is 2.16. The molecule has 0 saturated carbocycles. The highest BCUT2D eigenvalue weighted by Gasteiger charge is 2.08. The maximum atomic E-state index is 12.9. The molecule has 1 rings (SSSR count). The molecule has 0 aromatic heterocycles. The quantitative estimate of drug-likeness (QED) is 0.699. The minimum absolute atomic E-state index is 0.190. The number of halogens is 2. The topological polar surface area (TPSA) is 29.1 Å². The average Bonchev–Trinajstić information content (AvgIpc) is 2.13. The van der Waals surface area contributed by atoms with Crippen molar-refractivity contribution in [3.05, 3.63) is 42.5 Å². The lowest BCUT2D eigenvalue weighted by Gasteiger charge is -2.03. The van der Waals surface area contributed by atoms with Crippen LogP contribution < -0.4 is 5.32 Å². The summed E-state index contributed by atoms with van der Waals surface area (Å²) in [4.78, 5) is 10.7. The third-order valence-electron chi connectivity index (χ3n) is 1.39. The fourth-order valence-corrected chi connectivity index (χ4v) is 0.784. The second-order valence-electron chi connectivity index (χ2n) is 2.29. The van der Waals surface area contributed by atoms with Gasteiger partial charge in [0.2, 0.25) is 5.91 Å². The van der Waals surface area contributed by atoms with Crippen molar-refractivity contribution < 1.29 is 13.6 Å². The minimum atomic E-state index is -1.07. The molecule has 0 unspecified atom stereocenters. The van der Waals surface area contributed by atoms with Gasteiger partial charge in [0.25, 0.3) is 0 Å². The van der Waals surface area contributed by atoms with Gasteiger partial charge in [-0.3, -0.25) is 4.79 Å². The van der Waals surface area contributed by atoms with Gasteiger partial charge in [-0.25, -0.2) is 8.78 Å². The first-order valence-electron chi connectivity index (χ1n) is 3.52. The second-order valence-corrected chi connectivity index (χ2v) is 2.29. The Bertz CT molecular complexity index is 349. The molecule has 0 fully saturated rings. The van der Waals surface area contributed by atoms with E-state index in [2.05, 4.69) is 11.9 Å². The van der Waals surface area contributed by atoms with Gasteiger partial charge in [0.15, 0.2) is 11.6 Å². The summed E-state index contributed by atoms with van der Waals surface area (Å²) in [5.74, 6) is -2.65. The Balaban J connectivity index is 2.95. The molecule has 4 heteroatoms.